The fourth-order valence-electron chi connectivity index (χ4n) is 3.21. The Kier molecular flexibility index (Phi) is 6.88. The van der Waals surface area contributed by atoms with E-state index in [-0.39, 0.29) is 23.8 Å². The molecular weight excluding hydrogens is 368 g/mol. The third-order valence-electron chi connectivity index (χ3n) is 4.85. The van der Waals surface area contributed by atoms with Crippen molar-refractivity contribution in [2.45, 2.75) is 39.7 Å². The zero-order valence-electron chi connectivity index (χ0n) is 17.2. The minimum absolute atomic E-state index is 0.000528. The number of hydrogen-bond acceptors (Lipinski definition) is 4. The van der Waals surface area contributed by atoms with Crippen LogP contribution in [0.3, 0.4) is 0 Å². The first kappa shape index (κ1) is 20.9. The normalized spacial score (nSPS) is 14.5. The molecule has 2 aromatic carbocycles. The summed E-state index contributed by atoms with van der Waals surface area (Å²) in [7, 11) is 0. The number of carbonyl (C=O) groups is 2. The second-order valence-electron chi connectivity index (χ2n) is 7.52. The lowest BCUT2D eigenvalue weighted by Crippen LogP contribution is -2.28. The van der Waals surface area contributed by atoms with E-state index in [0.29, 0.717) is 35.9 Å². The van der Waals surface area contributed by atoms with Gasteiger partial charge < -0.3 is 20.1 Å². The molecule has 6 nitrogen and oxygen atoms in total. The predicted octanol–water partition coefficient (Wildman–Crippen LogP) is 4.40. The van der Waals surface area contributed by atoms with Crippen molar-refractivity contribution < 1.29 is 19.1 Å². The Morgan fingerprint density at radius 2 is 1.76 bits per heavy atom. The number of aryl methyl sites for hydroxylation is 1. The summed E-state index contributed by atoms with van der Waals surface area (Å²) in [5.74, 6) is 0.285. The molecule has 2 N–H and O–H groups in total. The number of amides is 2. The number of hydrogen-bond donors (Lipinski definition) is 2. The van der Waals surface area contributed by atoms with Crippen molar-refractivity contribution in [3.63, 3.8) is 0 Å². The van der Waals surface area contributed by atoms with Gasteiger partial charge in [-0.15, -0.1) is 0 Å². The van der Waals surface area contributed by atoms with Gasteiger partial charge in [0.15, 0.2) is 0 Å². The van der Waals surface area contributed by atoms with E-state index in [4.69, 9.17) is 9.47 Å². The van der Waals surface area contributed by atoms with Gasteiger partial charge in [0.2, 0.25) is 5.91 Å². The number of rotatable bonds is 6. The molecule has 2 aromatic rings. The van der Waals surface area contributed by atoms with Crippen molar-refractivity contribution in [2.75, 3.05) is 23.8 Å². The van der Waals surface area contributed by atoms with E-state index in [1.807, 2.05) is 45.0 Å². The molecule has 0 bridgehead atoms. The van der Waals surface area contributed by atoms with E-state index in [0.717, 1.165) is 18.4 Å². The van der Waals surface area contributed by atoms with Gasteiger partial charge in [0.05, 0.1) is 11.8 Å². The van der Waals surface area contributed by atoms with E-state index in [1.54, 1.807) is 18.2 Å². The first-order chi connectivity index (χ1) is 13.9. The van der Waals surface area contributed by atoms with Crippen LogP contribution in [0.25, 0.3) is 0 Å². The van der Waals surface area contributed by atoms with Crippen LogP contribution >= 0.6 is 0 Å². The van der Waals surface area contributed by atoms with Crippen molar-refractivity contribution in [1.29, 1.82) is 0 Å². The summed E-state index contributed by atoms with van der Waals surface area (Å²) in [6.45, 7) is 7.00. The molecule has 0 aliphatic carbocycles. The van der Waals surface area contributed by atoms with Crippen molar-refractivity contribution in [3.05, 3.63) is 53.6 Å². The molecule has 0 radical (unpaired) electrons. The summed E-state index contributed by atoms with van der Waals surface area (Å²) in [4.78, 5) is 25.4. The largest absolute Gasteiger partial charge is 0.489 e. The maximum Gasteiger partial charge on any atom is 0.255 e. The SMILES string of the molecule is Cc1ccc(C(=O)Nc2ccccc2OC(C)C)cc1NC(=O)C1CCOCC1. The molecule has 1 aliphatic heterocycles. The highest BCUT2D eigenvalue weighted by molar-refractivity contribution is 6.06. The second kappa shape index (κ2) is 9.56. The lowest BCUT2D eigenvalue weighted by molar-refractivity contribution is -0.122. The number of ether oxygens (including phenoxy) is 2. The molecule has 0 spiro atoms. The van der Waals surface area contributed by atoms with Crippen molar-refractivity contribution in [3.8, 4) is 5.75 Å². The van der Waals surface area contributed by atoms with Gasteiger partial charge in [-0.25, -0.2) is 0 Å². The zero-order valence-corrected chi connectivity index (χ0v) is 17.2. The van der Waals surface area contributed by atoms with Crippen LogP contribution in [0.1, 0.15) is 42.6 Å². The van der Waals surface area contributed by atoms with Crippen LogP contribution in [-0.2, 0) is 9.53 Å². The molecule has 154 valence electrons. The molecule has 3 rings (SSSR count). The summed E-state index contributed by atoms with van der Waals surface area (Å²) < 4.78 is 11.1. The van der Waals surface area contributed by atoms with Crippen molar-refractivity contribution in [1.82, 2.24) is 0 Å². The van der Waals surface area contributed by atoms with E-state index >= 15 is 0 Å². The second-order valence-corrected chi connectivity index (χ2v) is 7.52. The molecule has 1 heterocycles. The Morgan fingerprint density at radius 3 is 2.48 bits per heavy atom. The summed E-state index contributed by atoms with van der Waals surface area (Å²) in [5, 5.41) is 5.88. The van der Waals surface area contributed by atoms with E-state index in [2.05, 4.69) is 10.6 Å². The van der Waals surface area contributed by atoms with Gasteiger partial charge in [-0.05, 0) is 63.4 Å². The average molecular weight is 396 g/mol. The third kappa shape index (κ3) is 5.57. The zero-order chi connectivity index (χ0) is 20.8. The first-order valence-electron chi connectivity index (χ1n) is 10.0. The topological polar surface area (TPSA) is 76.7 Å². The van der Waals surface area contributed by atoms with Gasteiger partial charge in [-0.3, -0.25) is 9.59 Å². The molecule has 6 heteroatoms. The lowest BCUT2D eigenvalue weighted by Gasteiger charge is -2.22. The average Bonchev–Trinajstić information content (AvgIpc) is 2.71. The highest BCUT2D eigenvalue weighted by atomic mass is 16.5. The molecule has 1 saturated heterocycles. The van der Waals surface area contributed by atoms with Crippen LogP contribution in [-0.4, -0.2) is 31.1 Å². The van der Waals surface area contributed by atoms with Gasteiger partial charge in [0.25, 0.3) is 5.91 Å². The van der Waals surface area contributed by atoms with Crippen molar-refractivity contribution >= 4 is 23.2 Å². The van der Waals surface area contributed by atoms with Crippen LogP contribution in [0.15, 0.2) is 42.5 Å². The predicted molar refractivity (Wildman–Crippen MR) is 114 cm³/mol. The standard InChI is InChI=1S/C23H28N2O4/c1-15(2)29-21-7-5-4-6-19(21)24-23(27)18-9-8-16(3)20(14-18)25-22(26)17-10-12-28-13-11-17/h4-9,14-15,17H,10-13H2,1-3H3,(H,24,27)(H,25,26). The number of carbonyl (C=O) groups excluding carboxylic acids is 2. The number of anilines is 2. The van der Waals surface area contributed by atoms with Gasteiger partial charge >= 0.3 is 0 Å². The first-order valence-corrected chi connectivity index (χ1v) is 10.0. The summed E-state index contributed by atoms with van der Waals surface area (Å²) in [6.07, 6.45) is 1.44. The molecule has 29 heavy (non-hydrogen) atoms. The monoisotopic (exact) mass is 396 g/mol. The quantitative estimate of drug-likeness (QED) is 0.759. The summed E-state index contributed by atoms with van der Waals surface area (Å²) in [6, 6.07) is 12.6. The van der Waals surface area contributed by atoms with Gasteiger partial charge in [0.1, 0.15) is 5.75 Å². The van der Waals surface area contributed by atoms with Crippen LogP contribution in [0.5, 0.6) is 5.75 Å². The smallest absolute Gasteiger partial charge is 0.255 e. The third-order valence-corrected chi connectivity index (χ3v) is 4.85. The molecule has 0 unspecified atom stereocenters. The fourth-order valence-corrected chi connectivity index (χ4v) is 3.21. The number of para-hydroxylation sites is 2. The highest BCUT2D eigenvalue weighted by Crippen LogP contribution is 2.26. The Hall–Kier alpha value is -2.86. The summed E-state index contributed by atoms with van der Waals surface area (Å²) in [5.41, 5.74) is 2.64. The molecule has 0 atom stereocenters. The maximum atomic E-state index is 12.8. The minimum atomic E-state index is -0.258. The molecule has 1 fully saturated rings. The molecule has 0 aromatic heterocycles. The van der Waals surface area contributed by atoms with Gasteiger partial charge in [0, 0.05) is 30.4 Å². The van der Waals surface area contributed by atoms with E-state index < -0.39 is 0 Å². The van der Waals surface area contributed by atoms with E-state index in [1.165, 1.54) is 0 Å². The van der Waals surface area contributed by atoms with Gasteiger partial charge in [-0.1, -0.05) is 18.2 Å². The summed E-state index contributed by atoms with van der Waals surface area (Å²) >= 11 is 0. The maximum absolute atomic E-state index is 12.8. The highest BCUT2D eigenvalue weighted by Gasteiger charge is 2.22. The Bertz CT molecular complexity index is 873. The molecule has 1 aliphatic rings. The molecule has 0 saturated carbocycles. The molecule has 2 amide bonds. The van der Waals surface area contributed by atoms with Crippen LogP contribution in [0, 0.1) is 12.8 Å². The Labute approximate surface area is 171 Å². The van der Waals surface area contributed by atoms with Crippen LogP contribution < -0.4 is 15.4 Å². The van der Waals surface area contributed by atoms with Crippen LogP contribution in [0.4, 0.5) is 11.4 Å². The lowest BCUT2D eigenvalue weighted by atomic mass is 9.99. The van der Waals surface area contributed by atoms with Crippen molar-refractivity contribution in [2.24, 2.45) is 5.92 Å². The van der Waals surface area contributed by atoms with Gasteiger partial charge in [-0.2, -0.15) is 0 Å². The number of benzene rings is 2. The Balaban J connectivity index is 1.73. The molecular formula is C23H28N2O4. The number of nitrogens with one attached hydrogen (secondary N) is 2. The Morgan fingerprint density at radius 1 is 1.03 bits per heavy atom. The fraction of sp³-hybridized carbons (Fsp3) is 0.391. The van der Waals surface area contributed by atoms with Crippen LogP contribution in [0.2, 0.25) is 0 Å². The minimum Gasteiger partial charge on any atom is -0.489 e. The van der Waals surface area contributed by atoms with E-state index in [9.17, 15) is 9.59 Å².